The second-order valence-electron chi connectivity index (χ2n) is 6.90. The Kier molecular flexibility index (Phi) is 4.93. The number of anilines is 2. The minimum Gasteiger partial charge on any atom is -0.495 e. The van der Waals surface area contributed by atoms with Crippen LogP contribution in [0.1, 0.15) is 28.9 Å². The molecule has 1 aliphatic carbocycles. The van der Waals surface area contributed by atoms with E-state index in [1.165, 1.54) is 0 Å². The fourth-order valence-corrected chi connectivity index (χ4v) is 2.89. The maximum absolute atomic E-state index is 12.6. The number of carbonyl (C=O) groups excluding carboxylic acids is 1. The van der Waals surface area contributed by atoms with Gasteiger partial charge in [-0.3, -0.25) is 4.79 Å². The third kappa shape index (κ3) is 4.11. The van der Waals surface area contributed by atoms with Crippen LogP contribution in [0.5, 0.6) is 5.75 Å². The zero-order chi connectivity index (χ0) is 19.5. The predicted octanol–water partition coefficient (Wildman–Crippen LogP) is 4.10. The molecule has 1 heterocycles. The molecule has 0 aliphatic heterocycles. The summed E-state index contributed by atoms with van der Waals surface area (Å²) in [6.07, 6.45) is 2.04. The Morgan fingerprint density at radius 2 is 1.86 bits per heavy atom. The van der Waals surface area contributed by atoms with E-state index in [9.17, 15) is 4.79 Å². The van der Waals surface area contributed by atoms with Crippen LogP contribution in [0.4, 0.5) is 11.5 Å². The lowest BCUT2D eigenvalue weighted by atomic mass is 10.2. The molecule has 142 valence electrons. The van der Waals surface area contributed by atoms with Crippen LogP contribution in [0.15, 0.2) is 54.6 Å². The molecule has 0 saturated heterocycles. The summed E-state index contributed by atoms with van der Waals surface area (Å²) in [4.78, 5) is 21.7. The Hall–Kier alpha value is -3.41. The summed E-state index contributed by atoms with van der Waals surface area (Å²) in [6, 6.07) is 17.4. The van der Waals surface area contributed by atoms with Crippen molar-refractivity contribution >= 4 is 17.4 Å². The van der Waals surface area contributed by atoms with Gasteiger partial charge in [-0.2, -0.15) is 0 Å². The smallest absolute Gasteiger partial charge is 0.270 e. The van der Waals surface area contributed by atoms with Gasteiger partial charge in [0.05, 0.1) is 12.8 Å². The van der Waals surface area contributed by atoms with Crippen LogP contribution in [-0.4, -0.2) is 29.0 Å². The van der Waals surface area contributed by atoms with E-state index < -0.39 is 0 Å². The number of hydrogen-bond donors (Lipinski definition) is 2. The summed E-state index contributed by atoms with van der Waals surface area (Å²) in [5.41, 5.74) is 3.07. The van der Waals surface area contributed by atoms with Crippen LogP contribution in [-0.2, 0) is 0 Å². The molecule has 2 N–H and O–H groups in total. The molecule has 0 spiro atoms. The first-order valence-corrected chi connectivity index (χ1v) is 9.29. The van der Waals surface area contributed by atoms with Crippen molar-refractivity contribution in [3.63, 3.8) is 0 Å². The van der Waals surface area contributed by atoms with Crippen molar-refractivity contribution in [1.82, 2.24) is 15.3 Å². The quantitative estimate of drug-likeness (QED) is 0.679. The zero-order valence-electron chi connectivity index (χ0n) is 15.9. The van der Waals surface area contributed by atoms with Crippen molar-refractivity contribution in [2.75, 3.05) is 12.4 Å². The fourth-order valence-electron chi connectivity index (χ4n) is 2.89. The molecule has 1 amide bonds. The molecule has 1 aliphatic rings. The topological polar surface area (TPSA) is 76.1 Å². The Labute approximate surface area is 164 Å². The molecule has 6 nitrogen and oxygen atoms in total. The molecule has 0 radical (unpaired) electrons. The van der Waals surface area contributed by atoms with E-state index in [2.05, 4.69) is 20.6 Å². The third-order valence-electron chi connectivity index (χ3n) is 4.52. The second-order valence-corrected chi connectivity index (χ2v) is 6.90. The van der Waals surface area contributed by atoms with Gasteiger partial charge in [0.15, 0.2) is 5.82 Å². The van der Waals surface area contributed by atoms with E-state index in [0.717, 1.165) is 29.7 Å². The molecular weight excluding hydrogens is 352 g/mol. The first-order valence-electron chi connectivity index (χ1n) is 9.29. The molecule has 4 rings (SSSR count). The summed E-state index contributed by atoms with van der Waals surface area (Å²) in [7, 11) is 1.62. The number of methoxy groups -OCH3 is 1. The van der Waals surface area contributed by atoms with Gasteiger partial charge in [0, 0.05) is 17.7 Å². The van der Waals surface area contributed by atoms with Gasteiger partial charge in [-0.1, -0.05) is 36.4 Å². The lowest BCUT2D eigenvalue weighted by molar-refractivity contribution is 0.0946. The molecule has 1 saturated carbocycles. The van der Waals surface area contributed by atoms with Crippen LogP contribution in [0.25, 0.3) is 11.4 Å². The number of ether oxygens (including phenoxy) is 1. The first kappa shape index (κ1) is 18.0. The van der Waals surface area contributed by atoms with Gasteiger partial charge in [-0.25, -0.2) is 9.97 Å². The number of amides is 1. The van der Waals surface area contributed by atoms with Gasteiger partial charge < -0.3 is 15.4 Å². The molecule has 3 aromatic rings. The number of rotatable bonds is 6. The SMILES string of the molecule is COc1ccc(C)cc1Nc1cc(C(=O)NC2CC2)nc(-c2ccccc2)n1. The summed E-state index contributed by atoms with van der Waals surface area (Å²) < 4.78 is 5.44. The number of aromatic nitrogens is 2. The number of nitrogens with zero attached hydrogens (tertiary/aromatic N) is 2. The highest BCUT2D eigenvalue weighted by Crippen LogP contribution is 2.29. The maximum atomic E-state index is 12.6. The fraction of sp³-hybridized carbons (Fsp3) is 0.227. The highest BCUT2D eigenvalue weighted by molar-refractivity contribution is 5.94. The minimum atomic E-state index is -0.179. The van der Waals surface area contributed by atoms with Crippen LogP contribution in [0, 0.1) is 6.92 Å². The summed E-state index contributed by atoms with van der Waals surface area (Å²) in [5, 5.41) is 6.27. The van der Waals surface area contributed by atoms with E-state index >= 15 is 0 Å². The van der Waals surface area contributed by atoms with Crippen molar-refractivity contribution in [1.29, 1.82) is 0 Å². The third-order valence-corrected chi connectivity index (χ3v) is 4.52. The monoisotopic (exact) mass is 374 g/mol. The van der Waals surface area contributed by atoms with E-state index in [-0.39, 0.29) is 11.9 Å². The molecule has 28 heavy (non-hydrogen) atoms. The van der Waals surface area contributed by atoms with E-state index in [4.69, 9.17) is 4.74 Å². The summed E-state index contributed by atoms with van der Waals surface area (Å²) >= 11 is 0. The Bertz CT molecular complexity index is 1000. The van der Waals surface area contributed by atoms with Gasteiger partial charge in [0.2, 0.25) is 0 Å². The highest BCUT2D eigenvalue weighted by atomic mass is 16.5. The maximum Gasteiger partial charge on any atom is 0.270 e. The Morgan fingerprint density at radius 1 is 1.07 bits per heavy atom. The lowest BCUT2D eigenvalue weighted by Crippen LogP contribution is -2.26. The van der Waals surface area contributed by atoms with E-state index in [0.29, 0.717) is 23.1 Å². The Morgan fingerprint density at radius 3 is 2.57 bits per heavy atom. The standard InChI is InChI=1S/C22H22N4O2/c1-14-8-11-19(28-2)17(12-14)24-20-13-18(22(27)23-16-9-10-16)25-21(26-20)15-6-4-3-5-7-15/h3-8,11-13,16H,9-10H2,1-2H3,(H,23,27)(H,24,25,26). The Balaban J connectivity index is 1.73. The van der Waals surface area contributed by atoms with Crippen molar-refractivity contribution in [2.24, 2.45) is 0 Å². The molecule has 1 fully saturated rings. The average Bonchev–Trinajstić information content (AvgIpc) is 3.52. The van der Waals surface area contributed by atoms with Crippen LogP contribution in [0.3, 0.4) is 0 Å². The number of benzene rings is 2. The predicted molar refractivity (Wildman–Crippen MR) is 109 cm³/mol. The number of aryl methyl sites for hydroxylation is 1. The average molecular weight is 374 g/mol. The molecule has 2 aromatic carbocycles. The zero-order valence-corrected chi connectivity index (χ0v) is 15.9. The molecular formula is C22H22N4O2. The van der Waals surface area contributed by atoms with Crippen LogP contribution < -0.4 is 15.4 Å². The van der Waals surface area contributed by atoms with Gasteiger partial charge >= 0.3 is 0 Å². The molecule has 0 unspecified atom stereocenters. The van der Waals surface area contributed by atoms with Crippen molar-refractivity contribution in [3.05, 3.63) is 65.9 Å². The highest BCUT2D eigenvalue weighted by Gasteiger charge is 2.25. The van der Waals surface area contributed by atoms with Gasteiger partial charge in [0.1, 0.15) is 17.3 Å². The van der Waals surface area contributed by atoms with Crippen LogP contribution >= 0.6 is 0 Å². The van der Waals surface area contributed by atoms with Gasteiger partial charge in [-0.05, 0) is 37.5 Å². The van der Waals surface area contributed by atoms with Gasteiger partial charge in [-0.15, -0.1) is 0 Å². The van der Waals surface area contributed by atoms with E-state index in [1.54, 1.807) is 13.2 Å². The number of carbonyl (C=O) groups is 1. The normalized spacial score (nSPS) is 13.1. The lowest BCUT2D eigenvalue weighted by Gasteiger charge is -2.13. The molecule has 6 heteroatoms. The van der Waals surface area contributed by atoms with Crippen molar-refractivity contribution in [2.45, 2.75) is 25.8 Å². The number of nitrogens with one attached hydrogen (secondary N) is 2. The van der Waals surface area contributed by atoms with Gasteiger partial charge in [0.25, 0.3) is 5.91 Å². The van der Waals surface area contributed by atoms with Crippen molar-refractivity contribution < 1.29 is 9.53 Å². The summed E-state index contributed by atoms with van der Waals surface area (Å²) in [5.74, 6) is 1.56. The molecule has 0 bridgehead atoms. The second kappa shape index (κ2) is 7.68. The largest absolute Gasteiger partial charge is 0.495 e. The van der Waals surface area contributed by atoms with Crippen LogP contribution in [0.2, 0.25) is 0 Å². The molecule has 0 atom stereocenters. The van der Waals surface area contributed by atoms with E-state index in [1.807, 2.05) is 55.5 Å². The summed E-state index contributed by atoms with van der Waals surface area (Å²) in [6.45, 7) is 2.01. The first-order chi connectivity index (χ1) is 13.6. The minimum absolute atomic E-state index is 0.179. The number of hydrogen-bond acceptors (Lipinski definition) is 5. The molecule has 1 aromatic heterocycles. The van der Waals surface area contributed by atoms with Crippen molar-refractivity contribution in [3.8, 4) is 17.1 Å².